The van der Waals surface area contributed by atoms with Crippen molar-refractivity contribution in [1.29, 1.82) is 0 Å². The number of carboxylic acid groups (broad SMARTS) is 1. The molecule has 2 rings (SSSR count). The van der Waals surface area contributed by atoms with E-state index in [1.165, 1.54) is 12.0 Å². The van der Waals surface area contributed by atoms with Crippen molar-refractivity contribution in [2.24, 2.45) is 11.7 Å². The fourth-order valence-corrected chi connectivity index (χ4v) is 2.58. The lowest BCUT2D eigenvalue weighted by Crippen LogP contribution is -2.44. The summed E-state index contributed by atoms with van der Waals surface area (Å²) in [6.45, 7) is 0.0507. The summed E-state index contributed by atoms with van der Waals surface area (Å²) in [6, 6.07) is 5.98. The number of rotatable bonds is 6. The average Bonchev–Trinajstić information content (AvgIpc) is 2.86. The second-order valence-corrected chi connectivity index (χ2v) is 5.26. The van der Waals surface area contributed by atoms with E-state index in [2.05, 4.69) is 0 Å². The Bertz CT molecular complexity index is 601. The monoisotopic (exact) mass is 306 g/mol. The summed E-state index contributed by atoms with van der Waals surface area (Å²) >= 11 is 0. The molecule has 1 saturated heterocycles. The molecular formula is C15H18N2O5. The molecule has 118 valence electrons. The molecule has 0 bridgehead atoms. The second-order valence-electron chi connectivity index (χ2n) is 5.26. The molecule has 1 aromatic rings. The molecular weight excluding hydrogens is 288 g/mol. The number of ether oxygens (including phenoxy) is 1. The van der Waals surface area contributed by atoms with E-state index in [0.29, 0.717) is 5.75 Å². The zero-order valence-electron chi connectivity index (χ0n) is 12.2. The average molecular weight is 306 g/mol. The molecule has 2 unspecified atom stereocenters. The Morgan fingerprint density at radius 2 is 2.23 bits per heavy atom. The van der Waals surface area contributed by atoms with Gasteiger partial charge in [-0.1, -0.05) is 12.1 Å². The van der Waals surface area contributed by atoms with Crippen molar-refractivity contribution in [3.63, 3.8) is 0 Å². The van der Waals surface area contributed by atoms with Crippen LogP contribution in [0.2, 0.25) is 0 Å². The maximum Gasteiger partial charge on any atom is 0.326 e. The minimum absolute atomic E-state index is 0.0305. The molecule has 2 atom stereocenters. The number of aliphatic carboxylic acids is 1. The van der Waals surface area contributed by atoms with Crippen molar-refractivity contribution in [2.45, 2.75) is 18.9 Å². The van der Waals surface area contributed by atoms with Crippen molar-refractivity contribution >= 4 is 17.8 Å². The molecule has 0 aromatic heterocycles. The molecule has 1 fully saturated rings. The Morgan fingerprint density at radius 3 is 2.77 bits per heavy atom. The van der Waals surface area contributed by atoms with Crippen LogP contribution in [0.3, 0.4) is 0 Å². The predicted octanol–water partition coefficient (Wildman–Crippen LogP) is 0.0247. The Morgan fingerprint density at radius 1 is 1.50 bits per heavy atom. The van der Waals surface area contributed by atoms with E-state index in [0.717, 1.165) is 5.56 Å². The van der Waals surface area contributed by atoms with Gasteiger partial charge in [0.2, 0.25) is 11.8 Å². The van der Waals surface area contributed by atoms with Crippen LogP contribution in [-0.4, -0.2) is 47.5 Å². The van der Waals surface area contributed by atoms with Crippen molar-refractivity contribution < 1.29 is 24.2 Å². The number of carboxylic acids is 1. The van der Waals surface area contributed by atoms with E-state index in [-0.39, 0.29) is 25.3 Å². The van der Waals surface area contributed by atoms with Crippen LogP contribution in [-0.2, 0) is 20.8 Å². The molecule has 1 aliphatic rings. The van der Waals surface area contributed by atoms with E-state index < -0.39 is 23.8 Å². The van der Waals surface area contributed by atoms with Crippen molar-refractivity contribution in [2.75, 3.05) is 13.7 Å². The van der Waals surface area contributed by atoms with E-state index in [1.807, 2.05) is 0 Å². The number of primary amides is 1. The maximum absolute atomic E-state index is 12.0. The predicted molar refractivity (Wildman–Crippen MR) is 77.1 cm³/mol. The summed E-state index contributed by atoms with van der Waals surface area (Å²) in [5, 5.41) is 9.42. The molecule has 2 amide bonds. The van der Waals surface area contributed by atoms with E-state index in [4.69, 9.17) is 10.5 Å². The maximum atomic E-state index is 12.0. The van der Waals surface area contributed by atoms with Gasteiger partial charge in [0.25, 0.3) is 0 Å². The quantitative estimate of drug-likeness (QED) is 0.770. The number of nitrogens with two attached hydrogens (primary N) is 1. The Balaban J connectivity index is 2.18. The molecule has 7 heteroatoms. The van der Waals surface area contributed by atoms with Gasteiger partial charge in [-0.05, 0) is 17.7 Å². The minimum Gasteiger partial charge on any atom is -0.497 e. The summed E-state index contributed by atoms with van der Waals surface area (Å²) < 4.78 is 5.10. The first-order valence-electron chi connectivity index (χ1n) is 6.87. The number of amides is 2. The van der Waals surface area contributed by atoms with Gasteiger partial charge in [-0.15, -0.1) is 0 Å². The van der Waals surface area contributed by atoms with E-state index >= 15 is 0 Å². The zero-order valence-corrected chi connectivity index (χ0v) is 12.2. The van der Waals surface area contributed by atoms with Crippen LogP contribution >= 0.6 is 0 Å². The fourth-order valence-electron chi connectivity index (χ4n) is 2.58. The lowest BCUT2D eigenvalue weighted by Gasteiger charge is -2.24. The van der Waals surface area contributed by atoms with Gasteiger partial charge in [-0.2, -0.15) is 0 Å². The Hall–Kier alpha value is -2.57. The summed E-state index contributed by atoms with van der Waals surface area (Å²) in [5.74, 6) is -2.06. The Kier molecular flexibility index (Phi) is 4.65. The summed E-state index contributed by atoms with van der Waals surface area (Å²) in [4.78, 5) is 35.9. The molecule has 0 saturated carbocycles. The Labute approximate surface area is 127 Å². The third-order valence-corrected chi connectivity index (χ3v) is 3.79. The highest BCUT2D eigenvalue weighted by Gasteiger charge is 2.39. The lowest BCUT2D eigenvalue weighted by atomic mass is 10.0. The molecule has 3 N–H and O–H groups in total. The third-order valence-electron chi connectivity index (χ3n) is 3.79. The number of methoxy groups -OCH3 is 1. The fraction of sp³-hybridized carbons (Fsp3) is 0.400. The van der Waals surface area contributed by atoms with E-state index in [9.17, 15) is 19.5 Å². The largest absolute Gasteiger partial charge is 0.497 e. The van der Waals surface area contributed by atoms with Gasteiger partial charge in [-0.25, -0.2) is 4.79 Å². The highest BCUT2D eigenvalue weighted by molar-refractivity contribution is 5.91. The van der Waals surface area contributed by atoms with Gasteiger partial charge in [-0.3, -0.25) is 9.59 Å². The number of likely N-dealkylation sites (tertiary alicyclic amines) is 1. The van der Waals surface area contributed by atoms with Crippen LogP contribution in [0, 0.1) is 5.92 Å². The molecule has 0 radical (unpaired) electrons. The summed E-state index contributed by atoms with van der Waals surface area (Å²) in [7, 11) is 1.52. The van der Waals surface area contributed by atoms with Gasteiger partial charge in [0, 0.05) is 19.4 Å². The third kappa shape index (κ3) is 3.36. The number of carbonyl (C=O) groups is 3. The molecule has 1 aliphatic heterocycles. The van der Waals surface area contributed by atoms with Crippen LogP contribution in [0.25, 0.3) is 0 Å². The van der Waals surface area contributed by atoms with Gasteiger partial charge < -0.3 is 20.5 Å². The number of nitrogens with zero attached hydrogens (tertiary/aromatic N) is 1. The summed E-state index contributed by atoms with van der Waals surface area (Å²) in [5.41, 5.74) is 5.95. The molecule has 22 heavy (non-hydrogen) atoms. The SMILES string of the molecule is COc1cccc(CC(C(=O)O)N2CC(C(N)=O)CC2=O)c1. The van der Waals surface area contributed by atoms with Crippen LogP contribution in [0.5, 0.6) is 5.75 Å². The van der Waals surface area contributed by atoms with Crippen LogP contribution in [0.4, 0.5) is 0 Å². The highest BCUT2D eigenvalue weighted by atomic mass is 16.5. The minimum atomic E-state index is -1.11. The number of benzene rings is 1. The summed E-state index contributed by atoms with van der Waals surface area (Å²) in [6.07, 6.45) is 0.112. The van der Waals surface area contributed by atoms with Gasteiger partial charge >= 0.3 is 5.97 Å². The normalized spacial score (nSPS) is 19.0. The van der Waals surface area contributed by atoms with Crippen molar-refractivity contribution in [1.82, 2.24) is 4.90 Å². The first kappa shape index (κ1) is 15.8. The smallest absolute Gasteiger partial charge is 0.326 e. The van der Waals surface area contributed by atoms with Gasteiger partial charge in [0.15, 0.2) is 0 Å². The van der Waals surface area contributed by atoms with Crippen LogP contribution in [0.1, 0.15) is 12.0 Å². The van der Waals surface area contributed by atoms with Crippen LogP contribution < -0.4 is 10.5 Å². The van der Waals surface area contributed by atoms with Crippen molar-refractivity contribution in [3.8, 4) is 5.75 Å². The number of carbonyl (C=O) groups excluding carboxylic acids is 2. The standard InChI is InChI=1S/C15H18N2O5/c1-22-11-4-2-3-9(5-11)6-12(15(20)21)17-8-10(14(16)19)7-13(17)18/h2-5,10,12H,6-8H2,1H3,(H2,16,19)(H,20,21). The highest BCUT2D eigenvalue weighted by Crippen LogP contribution is 2.23. The molecule has 0 aliphatic carbocycles. The van der Waals surface area contributed by atoms with Crippen molar-refractivity contribution in [3.05, 3.63) is 29.8 Å². The van der Waals surface area contributed by atoms with Gasteiger partial charge in [0.05, 0.1) is 13.0 Å². The second kappa shape index (κ2) is 6.46. The van der Waals surface area contributed by atoms with E-state index in [1.54, 1.807) is 24.3 Å². The molecule has 1 heterocycles. The molecule has 7 nitrogen and oxygen atoms in total. The topological polar surface area (TPSA) is 110 Å². The zero-order chi connectivity index (χ0) is 16.3. The molecule has 0 spiro atoms. The lowest BCUT2D eigenvalue weighted by molar-refractivity contribution is -0.148. The van der Waals surface area contributed by atoms with Crippen LogP contribution in [0.15, 0.2) is 24.3 Å². The number of hydrogen-bond donors (Lipinski definition) is 2. The van der Waals surface area contributed by atoms with Gasteiger partial charge in [0.1, 0.15) is 11.8 Å². The molecule has 1 aromatic carbocycles. The number of hydrogen-bond acceptors (Lipinski definition) is 4. The first-order valence-corrected chi connectivity index (χ1v) is 6.87. The first-order chi connectivity index (χ1) is 10.4.